The van der Waals surface area contributed by atoms with Crippen LogP contribution in [0.5, 0.6) is 0 Å². The SMILES string of the molecule is C=C/C(=C\NC(P)CO)OC.CC.CNc1ccc(C)c2c(C#N)c[nH]c12. The number of nitriles is 1. The van der Waals surface area contributed by atoms with E-state index in [4.69, 9.17) is 15.1 Å². The van der Waals surface area contributed by atoms with E-state index in [0.29, 0.717) is 11.3 Å². The van der Waals surface area contributed by atoms with Gasteiger partial charge in [0.2, 0.25) is 0 Å². The van der Waals surface area contributed by atoms with Crippen molar-refractivity contribution >= 4 is 25.8 Å². The molecule has 2 aromatic rings. The Labute approximate surface area is 164 Å². The zero-order valence-corrected chi connectivity index (χ0v) is 17.9. The minimum Gasteiger partial charge on any atom is -0.495 e. The summed E-state index contributed by atoms with van der Waals surface area (Å²) in [6, 6.07) is 6.21. The molecule has 6 nitrogen and oxygen atoms in total. The number of hydrogen-bond donors (Lipinski definition) is 4. The van der Waals surface area contributed by atoms with E-state index in [-0.39, 0.29) is 12.4 Å². The number of anilines is 1. The van der Waals surface area contributed by atoms with Crippen LogP contribution in [-0.4, -0.2) is 36.6 Å². The fraction of sp³-hybridized carbons (Fsp3) is 0.350. The first-order valence-corrected chi connectivity index (χ1v) is 9.36. The molecule has 0 saturated carbocycles. The number of aliphatic hydroxyl groups is 1. The Morgan fingerprint density at radius 2 is 2.15 bits per heavy atom. The number of rotatable bonds is 6. The molecule has 0 aliphatic heterocycles. The van der Waals surface area contributed by atoms with Gasteiger partial charge in [-0.3, -0.25) is 0 Å². The summed E-state index contributed by atoms with van der Waals surface area (Å²) in [5, 5.41) is 24.5. The van der Waals surface area contributed by atoms with Crippen LogP contribution in [-0.2, 0) is 4.74 Å². The van der Waals surface area contributed by atoms with E-state index in [9.17, 15) is 0 Å². The fourth-order valence-corrected chi connectivity index (χ4v) is 2.26. The van der Waals surface area contributed by atoms with Crippen molar-refractivity contribution in [3.63, 3.8) is 0 Å². The average Bonchev–Trinajstić information content (AvgIpc) is 3.16. The van der Waals surface area contributed by atoms with Gasteiger partial charge in [-0.15, -0.1) is 9.24 Å². The number of ether oxygens (including phenoxy) is 1. The summed E-state index contributed by atoms with van der Waals surface area (Å²) in [5.41, 5.74) is 3.85. The standard InChI is InChI=1S/C11H11N3.C7H14NO2P.C2H6/c1-7-3-4-9(13-2)11-10(7)8(5-12)6-14-11;1-3-6(10-2)4-8-7(11)5-9;1-2/h3-4,6,13-14H,1-2H3;3-4,7-9H,1,5,11H2,2H3;1-2H3/b;6-4+;. The minimum absolute atomic E-state index is 0.0416. The summed E-state index contributed by atoms with van der Waals surface area (Å²) in [6.07, 6.45) is 4.99. The Kier molecular flexibility index (Phi) is 12.4. The zero-order chi connectivity index (χ0) is 20.8. The molecule has 7 heteroatoms. The van der Waals surface area contributed by atoms with Crippen molar-refractivity contribution < 1.29 is 9.84 Å². The predicted molar refractivity (Wildman–Crippen MR) is 118 cm³/mol. The third kappa shape index (κ3) is 7.34. The second kappa shape index (κ2) is 13.7. The highest BCUT2D eigenvalue weighted by atomic mass is 31.0. The smallest absolute Gasteiger partial charge is 0.133 e. The average molecular weight is 390 g/mol. The van der Waals surface area contributed by atoms with Crippen molar-refractivity contribution in [2.45, 2.75) is 26.6 Å². The molecule has 1 aromatic carbocycles. The molecule has 2 unspecified atom stereocenters. The summed E-state index contributed by atoms with van der Waals surface area (Å²) in [4.78, 5) is 3.11. The Bertz CT molecular complexity index is 778. The van der Waals surface area contributed by atoms with Crippen molar-refractivity contribution in [1.82, 2.24) is 10.3 Å². The van der Waals surface area contributed by atoms with E-state index in [1.54, 1.807) is 25.6 Å². The molecule has 1 aromatic heterocycles. The van der Waals surface area contributed by atoms with Crippen LogP contribution in [0.1, 0.15) is 25.0 Å². The Morgan fingerprint density at radius 3 is 2.63 bits per heavy atom. The van der Waals surface area contributed by atoms with Crippen molar-refractivity contribution in [3.05, 3.63) is 54.1 Å². The van der Waals surface area contributed by atoms with Gasteiger partial charge in [0.1, 0.15) is 11.8 Å². The molecule has 4 N–H and O–H groups in total. The van der Waals surface area contributed by atoms with Gasteiger partial charge in [-0.1, -0.05) is 26.5 Å². The summed E-state index contributed by atoms with van der Waals surface area (Å²) < 4.78 is 4.88. The number of fused-ring (bicyclic) bond motifs is 1. The van der Waals surface area contributed by atoms with Crippen LogP contribution in [0.15, 0.2) is 42.9 Å². The van der Waals surface area contributed by atoms with Gasteiger partial charge in [0.15, 0.2) is 0 Å². The first-order chi connectivity index (χ1) is 13.0. The van der Waals surface area contributed by atoms with Crippen LogP contribution in [0.3, 0.4) is 0 Å². The number of benzene rings is 1. The molecule has 0 amide bonds. The van der Waals surface area contributed by atoms with Gasteiger partial charge in [-0.25, -0.2) is 0 Å². The van der Waals surface area contributed by atoms with Crippen molar-refractivity contribution in [1.29, 1.82) is 5.26 Å². The number of allylic oxidation sites excluding steroid dienone is 1. The maximum atomic E-state index is 8.92. The van der Waals surface area contributed by atoms with Crippen molar-refractivity contribution in [2.24, 2.45) is 0 Å². The molecule has 27 heavy (non-hydrogen) atoms. The molecule has 2 atom stereocenters. The first-order valence-electron chi connectivity index (χ1n) is 8.69. The maximum absolute atomic E-state index is 8.92. The Morgan fingerprint density at radius 1 is 1.48 bits per heavy atom. The number of aromatic amines is 1. The van der Waals surface area contributed by atoms with Crippen LogP contribution in [0.2, 0.25) is 0 Å². The van der Waals surface area contributed by atoms with Crippen LogP contribution in [0, 0.1) is 18.3 Å². The molecular weight excluding hydrogens is 359 g/mol. The number of nitrogens with zero attached hydrogens (tertiary/aromatic N) is 1. The van der Waals surface area contributed by atoms with E-state index in [1.807, 2.05) is 40.0 Å². The minimum atomic E-state index is -0.0416. The molecule has 0 bridgehead atoms. The summed E-state index contributed by atoms with van der Waals surface area (Å²) in [5.74, 6) is 0.603. The molecule has 0 aliphatic carbocycles. The summed E-state index contributed by atoms with van der Waals surface area (Å²) >= 11 is 0. The van der Waals surface area contributed by atoms with E-state index < -0.39 is 0 Å². The number of H-pyrrole nitrogens is 1. The number of aliphatic hydroxyl groups excluding tert-OH is 1. The predicted octanol–water partition coefficient (Wildman–Crippen LogP) is 3.86. The highest BCUT2D eigenvalue weighted by Gasteiger charge is 2.08. The highest BCUT2D eigenvalue weighted by molar-refractivity contribution is 7.17. The third-order valence-electron chi connectivity index (χ3n) is 3.51. The quantitative estimate of drug-likeness (QED) is 0.341. The first kappa shape index (κ1) is 24.5. The molecule has 148 valence electrons. The lowest BCUT2D eigenvalue weighted by Gasteiger charge is -2.08. The lowest BCUT2D eigenvalue weighted by atomic mass is 10.1. The molecule has 0 radical (unpaired) electrons. The number of methoxy groups -OCH3 is 1. The molecular formula is C20H31N4O2P. The van der Waals surface area contributed by atoms with Crippen LogP contribution in [0.4, 0.5) is 5.69 Å². The number of nitrogens with one attached hydrogen (secondary N) is 3. The van der Waals surface area contributed by atoms with Gasteiger partial charge < -0.3 is 25.5 Å². The molecule has 2 rings (SSSR count). The maximum Gasteiger partial charge on any atom is 0.133 e. The van der Waals surface area contributed by atoms with Crippen LogP contribution >= 0.6 is 9.24 Å². The third-order valence-corrected chi connectivity index (χ3v) is 3.91. The number of aromatic nitrogens is 1. The second-order valence-electron chi connectivity index (χ2n) is 5.15. The Balaban J connectivity index is 0.000000473. The summed E-state index contributed by atoms with van der Waals surface area (Å²) in [6.45, 7) is 9.61. The zero-order valence-electron chi connectivity index (χ0n) is 16.8. The molecule has 0 saturated heterocycles. The van der Waals surface area contributed by atoms with Crippen LogP contribution in [0.25, 0.3) is 10.9 Å². The van der Waals surface area contributed by atoms with Gasteiger partial charge in [0.25, 0.3) is 0 Å². The number of hydrogen-bond acceptors (Lipinski definition) is 5. The van der Waals surface area contributed by atoms with Gasteiger partial charge in [0, 0.05) is 24.8 Å². The molecule has 0 fully saturated rings. The normalized spacial score (nSPS) is 11.1. The molecule has 0 aliphatic rings. The van der Waals surface area contributed by atoms with Crippen molar-refractivity contribution in [3.8, 4) is 6.07 Å². The lowest BCUT2D eigenvalue weighted by Crippen LogP contribution is -2.21. The molecule has 0 spiro atoms. The van der Waals surface area contributed by atoms with Crippen molar-refractivity contribution in [2.75, 3.05) is 26.1 Å². The number of aryl methyl sites for hydroxylation is 1. The van der Waals surface area contributed by atoms with Crippen LogP contribution < -0.4 is 10.6 Å². The van der Waals surface area contributed by atoms with Gasteiger partial charge in [-0.05, 0) is 24.6 Å². The largest absolute Gasteiger partial charge is 0.495 e. The van der Waals surface area contributed by atoms with E-state index in [2.05, 4.69) is 37.5 Å². The van der Waals surface area contributed by atoms with Gasteiger partial charge in [0.05, 0.1) is 36.3 Å². The lowest BCUT2D eigenvalue weighted by molar-refractivity contribution is 0.281. The van der Waals surface area contributed by atoms with E-state index in [0.717, 1.165) is 22.2 Å². The second-order valence-corrected chi connectivity index (χ2v) is 5.96. The fourth-order valence-electron chi connectivity index (χ4n) is 2.16. The van der Waals surface area contributed by atoms with Gasteiger partial charge >= 0.3 is 0 Å². The van der Waals surface area contributed by atoms with E-state index >= 15 is 0 Å². The Hall–Kier alpha value is -2.48. The molecule has 1 heterocycles. The monoisotopic (exact) mass is 390 g/mol. The summed E-state index contributed by atoms with van der Waals surface area (Å²) in [7, 11) is 5.88. The highest BCUT2D eigenvalue weighted by Crippen LogP contribution is 2.27. The van der Waals surface area contributed by atoms with Gasteiger partial charge in [-0.2, -0.15) is 5.26 Å². The van der Waals surface area contributed by atoms with E-state index in [1.165, 1.54) is 0 Å². The topological polar surface area (TPSA) is 93.1 Å².